The molecule has 0 aromatic heterocycles. The van der Waals surface area contributed by atoms with Crippen LogP contribution in [0, 0.1) is 28.6 Å². The van der Waals surface area contributed by atoms with E-state index >= 15 is 0 Å². The van der Waals surface area contributed by atoms with Crippen molar-refractivity contribution in [3.8, 4) is 0 Å². The van der Waals surface area contributed by atoms with Gasteiger partial charge in [0.05, 0.1) is 34.9 Å². The average Bonchev–Trinajstić information content (AvgIpc) is 3.48. The third kappa shape index (κ3) is 4.00. The maximum absolute atomic E-state index is 13.1. The van der Waals surface area contributed by atoms with Gasteiger partial charge >= 0.3 is 5.97 Å². The van der Waals surface area contributed by atoms with Crippen molar-refractivity contribution in [2.24, 2.45) is 28.6 Å². The molecule has 0 radical (unpaired) electrons. The lowest BCUT2D eigenvalue weighted by Gasteiger charge is -2.66. The van der Waals surface area contributed by atoms with Crippen LogP contribution in [0.3, 0.4) is 0 Å². The van der Waals surface area contributed by atoms with Crippen LogP contribution in [-0.2, 0) is 28.5 Å². The van der Waals surface area contributed by atoms with Gasteiger partial charge < -0.3 is 49.3 Å². The Morgan fingerprint density at radius 1 is 1.05 bits per heavy atom. The summed E-state index contributed by atoms with van der Waals surface area (Å²) in [4.78, 5) is 24.9. The lowest BCUT2D eigenvalue weighted by atomic mass is 9.41. The van der Waals surface area contributed by atoms with E-state index in [0.29, 0.717) is 32.1 Å². The molecule has 41 heavy (non-hydrogen) atoms. The lowest BCUT2D eigenvalue weighted by Crippen LogP contribution is -2.71. The van der Waals surface area contributed by atoms with Crippen molar-refractivity contribution in [1.82, 2.24) is 0 Å². The molecule has 0 spiro atoms. The van der Waals surface area contributed by atoms with Crippen LogP contribution in [0.15, 0.2) is 11.6 Å². The first-order valence-corrected chi connectivity index (χ1v) is 15.0. The number of carbonyl (C=O) groups excluding carboxylic acids is 2. The van der Waals surface area contributed by atoms with Crippen molar-refractivity contribution in [2.45, 2.75) is 119 Å². The molecule has 0 amide bonds. The normalized spacial score (nSPS) is 54.9. The highest BCUT2D eigenvalue weighted by atomic mass is 16.7. The Kier molecular flexibility index (Phi) is 7.26. The number of aliphatic hydroxyl groups excluding tert-OH is 3. The summed E-state index contributed by atoms with van der Waals surface area (Å²) in [5, 5.41) is 57.0. The number of cyclic esters (lactones) is 1. The number of aldehydes is 1. The van der Waals surface area contributed by atoms with Crippen LogP contribution in [0.5, 0.6) is 0 Å². The van der Waals surface area contributed by atoms with Gasteiger partial charge in [0.1, 0.15) is 31.2 Å². The van der Waals surface area contributed by atoms with Crippen molar-refractivity contribution >= 4 is 12.3 Å². The number of esters is 1. The summed E-state index contributed by atoms with van der Waals surface area (Å²) in [6.45, 7) is 3.70. The fourth-order valence-electron chi connectivity index (χ4n) is 9.98. The molecule has 11 heteroatoms. The van der Waals surface area contributed by atoms with Gasteiger partial charge in [-0.2, -0.15) is 0 Å². The van der Waals surface area contributed by atoms with Crippen LogP contribution in [0.4, 0.5) is 0 Å². The highest BCUT2D eigenvalue weighted by Crippen LogP contribution is 2.70. The molecule has 3 unspecified atom stereocenters. The third-order valence-electron chi connectivity index (χ3n) is 12.3. The molecule has 4 aliphatic carbocycles. The second kappa shape index (κ2) is 10.1. The molecule has 6 aliphatic rings. The number of ether oxygens (including phenoxy) is 4. The largest absolute Gasteiger partial charge is 0.458 e. The van der Waals surface area contributed by atoms with E-state index in [1.807, 2.05) is 6.92 Å². The molecule has 1 saturated heterocycles. The number of hydrogen-bond acceptors (Lipinski definition) is 11. The molecule has 6 rings (SSSR count). The van der Waals surface area contributed by atoms with Gasteiger partial charge in [0.15, 0.2) is 6.29 Å². The van der Waals surface area contributed by atoms with Crippen LogP contribution >= 0.6 is 0 Å². The Bertz CT molecular complexity index is 1100. The molecule has 2 aliphatic heterocycles. The summed E-state index contributed by atoms with van der Waals surface area (Å²) in [6, 6.07) is 0. The molecular formula is C30H44O11. The van der Waals surface area contributed by atoms with Gasteiger partial charge in [-0.05, 0) is 75.2 Å². The highest BCUT2D eigenvalue weighted by Gasteiger charge is 2.74. The standard InChI is InChI=1S/C30H44O11/c1-15-23(34)24(35)25(38-3)26(40-15)41-17-4-7-28(14-31)20-11-21(32)27(2)18(16-10-22(33)39-13-16)6-9-30(27,37)19(20)5-8-29(28,36)12-17/h10,14-15,17-21,23-26,32,34-37H,4-9,11-13H2,1-3H3/t15-,17?,18-,19?,20?,21-,23-,24-,25-,26+,27+,28+,29+,30+/m1/s1. The van der Waals surface area contributed by atoms with Crippen LogP contribution in [0.2, 0.25) is 0 Å². The minimum atomic E-state index is -1.42. The summed E-state index contributed by atoms with van der Waals surface area (Å²) in [6.07, 6.45) is -1.06. The van der Waals surface area contributed by atoms with E-state index in [4.69, 9.17) is 18.9 Å². The number of aliphatic hydroxyl groups is 5. The SMILES string of the molecule is CO[C@H]1[C@H](OC2CC[C@]3(C=O)C4C[C@@H](O)[C@]5(C)[C@@H](C6=CC(=O)OC6)CC[C@]5(O)C4CC[C@]3(O)C2)O[C@H](C)[C@@H](O)[C@H]1O. The van der Waals surface area contributed by atoms with E-state index in [9.17, 15) is 35.1 Å². The van der Waals surface area contributed by atoms with E-state index in [2.05, 4.69) is 0 Å². The van der Waals surface area contributed by atoms with E-state index in [1.165, 1.54) is 13.2 Å². The minimum Gasteiger partial charge on any atom is -0.458 e. The first-order chi connectivity index (χ1) is 19.3. The minimum absolute atomic E-state index is 0.152. The molecule has 14 atom stereocenters. The monoisotopic (exact) mass is 580 g/mol. The summed E-state index contributed by atoms with van der Waals surface area (Å²) >= 11 is 0. The van der Waals surface area contributed by atoms with Gasteiger partial charge in [-0.3, -0.25) is 0 Å². The fraction of sp³-hybridized carbons (Fsp3) is 0.867. The second-order valence-corrected chi connectivity index (χ2v) is 13.7. The lowest BCUT2D eigenvalue weighted by molar-refractivity contribution is -0.322. The molecule has 0 aromatic rings. The second-order valence-electron chi connectivity index (χ2n) is 13.7. The van der Waals surface area contributed by atoms with Gasteiger partial charge in [0.2, 0.25) is 0 Å². The molecule has 5 fully saturated rings. The molecule has 230 valence electrons. The summed E-state index contributed by atoms with van der Waals surface area (Å²) in [5.74, 6) is -1.36. The Hall–Kier alpha value is -1.44. The van der Waals surface area contributed by atoms with Crippen molar-refractivity contribution in [2.75, 3.05) is 13.7 Å². The Morgan fingerprint density at radius 3 is 2.46 bits per heavy atom. The van der Waals surface area contributed by atoms with E-state index in [1.54, 1.807) is 6.92 Å². The summed E-state index contributed by atoms with van der Waals surface area (Å²) < 4.78 is 22.6. The van der Waals surface area contributed by atoms with E-state index < -0.39 is 76.8 Å². The van der Waals surface area contributed by atoms with Crippen LogP contribution < -0.4 is 0 Å². The Morgan fingerprint density at radius 2 is 1.80 bits per heavy atom. The highest BCUT2D eigenvalue weighted by molar-refractivity contribution is 5.85. The zero-order valence-corrected chi connectivity index (χ0v) is 24.0. The molecule has 0 bridgehead atoms. The van der Waals surface area contributed by atoms with Gasteiger partial charge in [-0.15, -0.1) is 0 Å². The van der Waals surface area contributed by atoms with Crippen molar-refractivity contribution in [3.63, 3.8) is 0 Å². The number of methoxy groups -OCH3 is 1. The van der Waals surface area contributed by atoms with Gasteiger partial charge in [0.25, 0.3) is 0 Å². The molecule has 0 aromatic carbocycles. The molecular weight excluding hydrogens is 536 g/mol. The number of rotatable bonds is 5. The zero-order chi connectivity index (χ0) is 29.5. The Balaban J connectivity index is 1.25. The third-order valence-corrected chi connectivity index (χ3v) is 12.3. The van der Waals surface area contributed by atoms with Gasteiger partial charge in [-0.1, -0.05) is 6.92 Å². The number of hydrogen-bond donors (Lipinski definition) is 5. The first-order valence-electron chi connectivity index (χ1n) is 15.0. The number of fused-ring (bicyclic) bond motifs is 5. The smallest absolute Gasteiger partial charge is 0.331 e. The first kappa shape index (κ1) is 29.6. The van der Waals surface area contributed by atoms with E-state index in [-0.39, 0.29) is 37.7 Å². The van der Waals surface area contributed by atoms with Gasteiger partial charge in [0, 0.05) is 25.0 Å². The van der Waals surface area contributed by atoms with Crippen molar-refractivity contribution in [1.29, 1.82) is 0 Å². The maximum Gasteiger partial charge on any atom is 0.331 e. The van der Waals surface area contributed by atoms with Crippen LogP contribution in [-0.4, -0.2) is 106 Å². The topological polar surface area (TPSA) is 172 Å². The van der Waals surface area contributed by atoms with Crippen molar-refractivity contribution in [3.05, 3.63) is 11.6 Å². The van der Waals surface area contributed by atoms with Crippen LogP contribution in [0.1, 0.15) is 65.2 Å². The molecule has 2 heterocycles. The fourth-order valence-corrected chi connectivity index (χ4v) is 9.98. The predicted octanol–water partition coefficient (Wildman–Crippen LogP) is 0.375. The molecule has 11 nitrogen and oxygen atoms in total. The molecule has 4 saturated carbocycles. The summed E-state index contributed by atoms with van der Waals surface area (Å²) in [7, 11) is 1.40. The predicted molar refractivity (Wildman–Crippen MR) is 141 cm³/mol. The van der Waals surface area contributed by atoms with Crippen LogP contribution in [0.25, 0.3) is 0 Å². The van der Waals surface area contributed by atoms with Gasteiger partial charge in [-0.25, -0.2) is 4.79 Å². The molecule has 5 N–H and O–H groups in total. The Labute approximate surface area is 239 Å². The zero-order valence-electron chi connectivity index (χ0n) is 24.0. The maximum atomic E-state index is 13.1. The summed E-state index contributed by atoms with van der Waals surface area (Å²) in [5.41, 5.74) is -3.98. The van der Waals surface area contributed by atoms with E-state index in [0.717, 1.165) is 11.9 Å². The quantitative estimate of drug-likeness (QED) is 0.173. The average molecular weight is 581 g/mol. The number of carbonyl (C=O) groups is 2. The van der Waals surface area contributed by atoms with Crippen molar-refractivity contribution < 1.29 is 54.1 Å².